The summed E-state index contributed by atoms with van der Waals surface area (Å²) in [6.45, 7) is 10.8. The van der Waals surface area contributed by atoms with E-state index in [4.69, 9.17) is 4.74 Å². The Bertz CT molecular complexity index is 622. The third-order valence-electron chi connectivity index (χ3n) is 2.88. The van der Waals surface area contributed by atoms with Gasteiger partial charge >= 0.3 is 6.09 Å². The molecule has 1 aromatic rings. The van der Waals surface area contributed by atoms with Crippen LogP contribution in [0.4, 0.5) is 9.18 Å². The van der Waals surface area contributed by atoms with Crippen LogP contribution < -0.4 is 5.32 Å². The molecule has 1 N–H and O–H groups in total. The Morgan fingerprint density at radius 3 is 2.57 bits per heavy atom. The van der Waals surface area contributed by atoms with Gasteiger partial charge in [0.25, 0.3) is 0 Å². The predicted octanol–water partition coefficient (Wildman–Crippen LogP) is 4.60. The van der Waals surface area contributed by atoms with Crippen LogP contribution in [0, 0.1) is 5.82 Å². The Morgan fingerprint density at radius 2 is 2.09 bits per heavy atom. The maximum absolute atomic E-state index is 14.3. The first-order valence-corrected chi connectivity index (χ1v) is 8.37. The maximum Gasteiger partial charge on any atom is 0.407 e. The van der Waals surface area contributed by atoms with Crippen molar-refractivity contribution in [2.75, 3.05) is 6.26 Å². The molecular formula is C17H23FN2O2S. The average molecular weight is 338 g/mol. The summed E-state index contributed by atoms with van der Waals surface area (Å²) in [7, 11) is 0. The minimum absolute atomic E-state index is 0.198. The monoisotopic (exact) mass is 338 g/mol. The van der Waals surface area contributed by atoms with E-state index in [2.05, 4.69) is 17.0 Å². The summed E-state index contributed by atoms with van der Waals surface area (Å²) in [4.78, 5) is 16.2. The van der Waals surface area contributed by atoms with Crippen molar-refractivity contribution < 1.29 is 13.9 Å². The zero-order valence-corrected chi connectivity index (χ0v) is 15.0. The van der Waals surface area contributed by atoms with Gasteiger partial charge < -0.3 is 10.1 Å². The van der Waals surface area contributed by atoms with Crippen LogP contribution in [-0.4, -0.2) is 24.7 Å². The number of carbonyl (C=O) groups excluding carboxylic acids is 1. The first kappa shape index (κ1) is 19.2. The van der Waals surface area contributed by atoms with Gasteiger partial charge in [0.2, 0.25) is 0 Å². The Labute approximate surface area is 141 Å². The van der Waals surface area contributed by atoms with Crippen molar-refractivity contribution >= 4 is 29.5 Å². The number of hydrogen-bond acceptors (Lipinski definition) is 4. The second kappa shape index (κ2) is 8.15. The number of amides is 1. The Kier molecular flexibility index (Phi) is 6.81. The van der Waals surface area contributed by atoms with Gasteiger partial charge in [-0.1, -0.05) is 12.1 Å². The fourth-order valence-corrected chi connectivity index (χ4v) is 2.61. The molecule has 0 radical (unpaired) electrons. The molecule has 1 rings (SSSR count). The molecular weight excluding hydrogens is 315 g/mol. The van der Waals surface area contributed by atoms with Crippen LogP contribution in [0.25, 0.3) is 4.91 Å². The standard InChI is InChI=1S/C17H23FN2O2S/c1-11(19-5)15(23-6)13-8-7-12(9-14(13)18)10-20-16(21)22-17(2,3)4/h7-9H,5,10H2,1-4,6H3,(H,20,21)/b15-11-. The molecule has 0 saturated heterocycles. The highest BCUT2D eigenvalue weighted by Crippen LogP contribution is 2.31. The van der Waals surface area contributed by atoms with Crippen molar-refractivity contribution in [2.45, 2.75) is 39.8 Å². The molecule has 0 heterocycles. The van der Waals surface area contributed by atoms with Crippen molar-refractivity contribution in [3.8, 4) is 0 Å². The SMILES string of the molecule is C=N/C(C)=C(\SC)c1ccc(CNC(=O)OC(C)(C)C)cc1F. The lowest BCUT2D eigenvalue weighted by Gasteiger charge is -2.19. The van der Waals surface area contributed by atoms with Crippen molar-refractivity contribution in [1.29, 1.82) is 0 Å². The van der Waals surface area contributed by atoms with Crippen LogP contribution in [0.5, 0.6) is 0 Å². The van der Waals surface area contributed by atoms with E-state index in [1.165, 1.54) is 17.8 Å². The number of rotatable bonds is 5. The number of nitrogens with one attached hydrogen (secondary N) is 1. The summed E-state index contributed by atoms with van der Waals surface area (Å²) < 4.78 is 19.5. The van der Waals surface area contributed by atoms with Gasteiger partial charge in [0.15, 0.2) is 0 Å². The summed E-state index contributed by atoms with van der Waals surface area (Å²) in [6, 6.07) is 4.85. The van der Waals surface area contributed by atoms with Gasteiger partial charge in [-0.3, -0.25) is 4.99 Å². The van der Waals surface area contributed by atoms with Gasteiger partial charge in [0.1, 0.15) is 11.4 Å². The molecule has 0 unspecified atom stereocenters. The third kappa shape index (κ3) is 6.06. The molecule has 23 heavy (non-hydrogen) atoms. The Hall–Kier alpha value is -1.82. The van der Waals surface area contributed by atoms with Gasteiger partial charge in [-0.05, 0) is 52.3 Å². The fraction of sp³-hybridized carbons (Fsp3) is 0.412. The summed E-state index contributed by atoms with van der Waals surface area (Å²) in [6.07, 6.45) is 1.33. The van der Waals surface area contributed by atoms with Gasteiger partial charge in [0.05, 0.1) is 5.70 Å². The van der Waals surface area contributed by atoms with E-state index < -0.39 is 11.7 Å². The summed E-state index contributed by atoms with van der Waals surface area (Å²) in [5.74, 6) is -0.360. The fourth-order valence-electron chi connectivity index (χ4n) is 1.87. The number of carbonyl (C=O) groups is 1. The maximum atomic E-state index is 14.3. The lowest BCUT2D eigenvalue weighted by Crippen LogP contribution is -2.32. The van der Waals surface area contributed by atoms with Gasteiger partial charge in [0, 0.05) is 17.0 Å². The number of halogens is 1. The van der Waals surface area contributed by atoms with E-state index in [1.807, 2.05) is 6.26 Å². The molecule has 0 aliphatic heterocycles. The summed E-state index contributed by atoms with van der Waals surface area (Å²) in [5, 5.41) is 2.61. The van der Waals surface area contributed by atoms with Crippen molar-refractivity contribution in [3.05, 3.63) is 40.8 Å². The average Bonchev–Trinajstić information content (AvgIpc) is 2.45. The molecule has 1 amide bonds. The minimum Gasteiger partial charge on any atom is -0.444 e. The van der Waals surface area contributed by atoms with E-state index in [-0.39, 0.29) is 12.4 Å². The number of alkyl carbamates (subject to hydrolysis) is 1. The largest absolute Gasteiger partial charge is 0.444 e. The van der Waals surface area contributed by atoms with Gasteiger partial charge in [-0.15, -0.1) is 11.8 Å². The second-order valence-corrected chi connectivity index (χ2v) is 6.76. The molecule has 0 atom stereocenters. The van der Waals surface area contributed by atoms with Crippen LogP contribution in [0.15, 0.2) is 28.9 Å². The van der Waals surface area contributed by atoms with E-state index in [1.54, 1.807) is 39.8 Å². The minimum atomic E-state index is -0.563. The molecule has 0 aliphatic rings. The van der Waals surface area contributed by atoms with E-state index in [9.17, 15) is 9.18 Å². The highest BCUT2D eigenvalue weighted by atomic mass is 32.2. The van der Waals surface area contributed by atoms with Crippen LogP contribution in [0.2, 0.25) is 0 Å². The number of aliphatic imine (C=N–C) groups is 1. The molecule has 0 aromatic heterocycles. The van der Waals surface area contributed by atoms with Gasteiger partial charge in [-0.2, -0.15) is 0 Å². The number of nitrogens with zero attached hydrogens (tertiary/aromatic N) is 1. The summed E-state index contributed by atoms with van der Waals surface area (Å²) in [5.41, 5.74) is 1.24. The smallest absolute Gasteiger partial charge is 0.407 e. The van der Waals surface area contributed by atoms with Crippen molar-refractivity contribution in [1.82, 2.24) is 5.32 Å². The normalized spacial score (nSPS) is 12.4. The van der Waals surface area contributed by atoms with Crippen LogP contribution in [-0.2, 0) is 11.3 Å². The zero-order valence-electron chi connectivity index (χ0n) is 14.2. The zero-order chi connectivity index (χ0) is 17.6. The molecule has 1 aromatic carbocycles. The molecule has 0 saturated carbocycles. The van der Waals surface area contributed by atoms with Crippen LogP contribution in [0.3, 0.4) is 0 Å². The van der Waals surface area contributed by atoms with Crippen LogP contribution >= 0.6 is 11.8 Å². The number of thioether (sulfide) groups is 1. The molecule has 126 valence electrons. The van der Waals surface area contributed by atoms with Crippen molar-refractivity contribution in [2.24, 2.45) is 4.99 Å². The van der Waals surface area contributed by atoms with E-state index in [0.717, 1.165) is 4.91 Å². The first-order chi connectivity index (χ1) is 10.7. The number of allylic oxidation sites excluding steroid dienone is 1. The molecule has 6 heteroatoms. The Balaban J connectivity index is 2.85. The van der Waals surface area contributed by atoms with E-state index >= 15 is 0 Å². The van der Waals surface area contributed by atoms with E-state index in [0.29, 0.717) is 16.8 Å². The molecule has 0 bridgehead atoms. The topological polar surface area (TPSA) is 50.7 Å². The molecule has 4 nitrogen and oxygen atoms in total. The second-order valence-electron chi connectivity index (χ2n) is 5.95. The number of hydrogen-bond donors (Lipinski definition) is 1. The first-order valence-electron chi connectivity index (χ1n) is 7.15. The Morgan fingerprint density at radius 1 is 1.43 bits per heavy atom. The third-order valence-corrected chi connectivity index (χ3v) is 3.81. The predicted molar refractivity (Wildman–Crippen MR) is 95.1 cm³/mol. The number of benzene rings is 1. The molecule has 0 aliphatic carbocycles. The lowest BCUT2D eigenvalue weighted by atomic mass is 10.1. The molecule has 0 spiro atoms. The highest BCUT2D eigenvalue weighted by molar-refractivity contribution is 8.07. The van der Waals surface area contributed by atoms with Gasteiger partial charge in [-0.25, -0.2) is 9.18 Å². The highest BCUT2D eigenvalue weighted by Gasteiger charge is 2.16. The number of ether oxygens (including phenoxy) is 1. The van der Waals surface area contributed by atoms with Crippen molar-refractivity contribution in [3.63, 3.8) is 0 Å². The quantitative estimate of drug-likeness (QED) is 0.798. The summed E-state index contributed by atoms with van der Waals surface area (Å²) >= 11 is 1.42. The lowest BCUT2D eigenvalue weighted by molar-refractivity contribution is 0.0523. The van der Waals surface area contributed by atoms with Crippen LogP contribution in [0.1, 0.15) is 38.8 Å². The molecule has 0 fully saturated rings.